The van der Waals surface area contributed by atoms with Crippen molar-refractivity contribution in [2.24, 2.45) is 0 Å². The molecule has 4 nitrogen and oxygen atoms in total. The molecule has 0 fully saturated rings. The lowest BCUT2D eigenvalue weighted by Crippen LogP contribution is -2.06. The quantitative estimate of drug-likeness (QED) is 0.688. The molecular formula is C16H14ClF3NO3. The number of hydrogen-bond acceptors (Lipinski definition) is 4. The van der Waals surface area contributed by atoms with E-state index in [1.807, 2.05) is 0 Å². The molecule has 0 saturated heterocycles. The van der Waals surface area contributed by atoms with Crippen LogP contribution in [-0.4, -0.2) is 25.3 Å². The number of hydrogen-bond donors (Lipinski definition) is 0. The maximum atomic E-state index is 12.5. The molecule has 0 saturated carbocycles. The number of benzene rings is 1. The Hall–Kier alpha value is -1.99. The Morgan fingerprint density at radius 3 is 2.46 bits per heavy atom. The van der Waals surface area contributed by atoms with Crippen molar-refractivity contribution in [3.8, 4) is 11.6 Å². The van der Waals surface area contributed by atoms with Crippen molar-refractivity contribution in [2.75, 3.05) is 20.3 Å². The zero-order chi connectivity index (χ0) is 17.6. The van der Waals surface area contributed by atoms with Crippen LogP contribution in [0, 0.1) is 6.61 Å². The first kappa shape index (κ1) is 18.4. The van der Waals surface area contributed by atoms with E-state index in [1.54, 1.807) is 31.4 Å². The van der Waals surface area contributed by atoms with Gasteiger partial charge < -0.3 is 14.2 Å². The van der Waals surface area contributed by atoms with E-state index in [4.69, 9.17) is 25.8 Å². The first-order chi connectivity index (χ1) is 11.4. The van der Waals surface area contributed by atoms with Gasteiger partial charge in [0.25, 0.3) is 0 Å². The Balaban J connectivity index is 1.93. The van der Waals surface area contributed by atoms with Crippen molar-refractivity contribution in [1.29, 1.82) is 0 Å². The predicted molar refractivity (Wildman–Crippen MR) is 82.1 cm³/mol. The van der Waals surface area contributed by atoms with Crippen molar-refractivity contribution < 1.29 is 27.4 Å². The fourth-order valence-corrected chi connectivity index (χ4v) is 1.89. The van der Waals surface area contributed by atoms with Crippen molar-refractivity contribution in [2.45, 2.75) is 6.18 Å². The first-order valence-corrected chi connectivity index (χ1v) is 7.22. The van der Waals surface area contributed by atoms with Gasteiger partial charge in [0.15, 0.2) is 6.61 Å². The van der Waals surface area contributed by atoms with Gasteiger partial charge in [0, 0.05) is 13.3 Å². The largest absolute Gasteiger partial charge is 0.491 e. The molecule has 1 aromatic heterocycles. The summed E-state index contributed by atoms with van der Waals surface area (Å²) < 4.78 is 53.1. The summed E-state index contributed by atoms with van der Waals surface area (Å²) in [4.78, 5) is 3.58. The summed E-state index contributed by atoms with van der Waals surface area (Å²) in [5.41, 5.74) is -0.260. The van der Waals surface area contributed by atoms with Crippen molar-refractivity contribution in [1.82, 2.24) is 4.98 Å². The average molecular weight is 361 g/mol. The maximum Gasteiger partial charge on any atom is 0.417 e. The van der Waals surface area contributed by atoms with Gasteiger partial charge in [-0.2, -0.15) is 13.2 Å². The van der Waals surface area contributed by atoms with Crippen LogP contribution in [0.4, 0.5) is 13.2 Å². The van der Waals surface area contributed by atoms with Crippen LogP contribution < -0.4 is 9.47 Å². The van der Waals surface area contributed by atoms with Gasteiger partial charge in [-0.25, -0.2) is 4.98 Å². The number of ether oxygens (including phenoxy) is 3. The molecule has 0 bridgehead atoms. The van der Waals surface area contributed by atoms with Crippen LogP contribution in [0.3, 0.4) is 0 Å². The van der Waals surface area contributed by atoms with Crippen LogP contribution in [0.15, 0.2) is 36.5 Å². The number of nitrogens with zero attached hydrogens (tertiary/aromatic N) is 1. The van der Waals surface area contributed by atoms with Gasteiger partial charge in [-0.1, -0.05) is 23.7 Å². The normalized spacial score (nSPS) is 11.4. The molecule has 0 aliphatic rings. The maximum absolute atomic E-state index is 12.5. The second-order valence-electron chi connectivity index (χ2n) is 4.65. The van der Waals surface area contributed by atoms with E-state index in [-0.39, 0.29) is 10.9 Å². The summed E-state index contributed by atoms with van der Waals surface area (Å²) in [6.45, 7) is 2.25. The first-order valence-electron chi connectivity index (χ1n) is 6.84. The van der Waals surface area contributed by atoms with E-state index in [1.165, 1.54) is 6.61 Å². The van der Waals surface area contributed by atoms with Crippen LogP contribution in [0.1, 0.15) is 11.1 Å². The fraction of sp³-hybridized carbons (Fsp3) is 0.250. The lowest BCUT2D eigenvalue weighted by molar-refractivity contribution is -0.137. The SMILES string of the molecule is COCCOc1ccc([CH]Oc2ncc(C(F)(F)F)cc2Cl)cc1. The van der Waals surface area contributed by atoms with E-state index < -0.39 is 11.7 Å². The summed E-state index contributed by atoms with van der Waals surface area (Å²) in [7, 11) is 1.58. The topological polar surface area (TPSA) is 40.6 Å². The zero-order valence-corrected chi connectivity index (χ0v) is 13.4. The highest BCUT2D eigenvalue weighted by Gasteiger charge is 2.31. The molecule has 2 aromatic rings. The number of halogens is 4. The monoisotopic (exact) mass is 360 g/mol. The van der Waals surface area contributed by atoms with Crippen LogP contribution in [0.25, 0.3) is 0 Å². The van der Waals surface area contributed by atoms with Crippen LogP contribution in [-0.2, 0) is 10.9 Å². The molecular weight excluding hydrogens is 347 g/mol. The average Bonchev–Trinajstić information content (AvgIpc) is 2.54. The van der Waals surface area contributed by atoms with Gasteiger partial charge in [-0.3, -0.25) is 0 Å². The molecule has 1 heterocycles. The highest BCUT2D eigenvalue weighted by Crippen LogP contribution is 2.33. The third kappa shape index (κ3) is 5.28. The van der Waals surface area contributed by atoms with E-state index >= 15 is 0 Å². The van der Waals surface area contributed by atoms with Crippen molar-refractivity contribution in [3.05, 3.63) is 59.3 Å². The second kappa shape index (κ2) is 8.21. The smallest absolute Gasteiger partial charge is 0.417 e. The van der Waals surface area contributed by atoms with Gasteiger partial charge in [-0.05, 0) is 23.8 Å². The summed E-state index contributed by atoms with van der Waals surface area (Å²) in [6.07, 6.45) is -3.83. The third-order valence-corrected chi connectivity index (χ3v) is 3.15. The number of methoxy groups -OCH3 is 1. The van der Waals surface area contributed by atoms with Gasteiger partial charge in [0.05, 0.1) is 12.2 Å². The molecule has 0 atom stereocenters. The number of rotatable bonds is 7. The molecule has 0 N–H and O–H groups in total. The van der Waals surface area contributed by atoms with E-state index in [0.29, 0.717) is 30.7 Å². The lowest BCUT2D eigenvalue weighted by Gasteiger charge is -2.10. The Morgan fingerprint density at radius 1 is 1.17 bits per heavy atom. The molecule has 24 heavy (non-hydrogen) atoms. The van der Waals surface area contributed by atoms with Gasteiger partial charge >= 0.3 is 6.18 Å². The molecule has 129 valence electrons. The van der Waals surface area contributed by atoms with Gasteiger partial charge in [0.1, 0.15) is 17.4 Å². The van der Waals surface area contributed by atoms with Crippen LogP contribution >= 0.6 is 11.6 Å². The number of pyridine rings is 1. The van der Waals surface area contributed by atoms with Crippen LogP contribution in [0.2, 0.25) is 5.02 Å². The fourth-order valence-electron chi connectivity index (χ4n) is 1.68. The molecule has 0 amide bonds. The standard InChI is InChI=1S/C16H14ClF3NO3/c1-22-6-7-23-13-4-2-11(3-5-13)10-24-15-14(17)8-12(9-21-15)16(18,19)20/h2-5,8-10H,6-7H2,1H3. The predicted octanol–water partition coefficient (Wildman–Crippen LogP) is 4.37. The van der Waals surface area contributed by atoms with Crippen LogP contribution in [0.5, 0.6) is 11.6 Å². The summed E-state index contributed by atoms with van der Waals surface area (Å²) in [5, 5.41) is -0.222. The third-order valence-electron chi connectivity index (χ3n) is 2.88. The minimum absolute atomic E-state index is 0.106. The van der Waals surface area contributed by atoms with Crippen molar-refractivity contribution >= 4 is 11.6 Å². The Kier molecular flexibility index (Phi) is 6.28. The molecule has 2 rings (SSSR count). The van der Waals surface area contributed by atoms with Crippen molar-refractivity contribution in [3.63, 3.8) is 0 Å². The molecule has 0 aliphatic heterocycles. The minimum Gasteiger partial charge on any atom is -0.491 e. The number of aromatic nitrogens is 1. The summed E-state index contributed by atoms with van der Waals surface area (Å²) >= 11 is 5.76. The van der Waals surface area contributed by atoms with E-state index in [0.717, 1.165) is 6.07 Å². The molecule has 1 aromatic carbocycles. The highest BCUT2D eigenvalue weighted by atomic mass is 35.5. The Morgan fingerprint density at radius 2 is 1.88 bits per heavy atom. The lowest BCUT2D eigenvalue weighted by atomic mass is 10.2. The summed E-state index contributed by atoms with van der Waals surface area (Å²) in [6, 6.07) is 7.67. The molecule has 8 heteroatoms. The van der Waals surface area contributed by atoms with Gasteiger partial charge in [0.2, 0.25) is 5.88 Å². The number of alkyl halides is 3. The van der Waals surface area contributed by atoms with E-state index in [9.17, 15) is 13.2 Å². The Labute approximate surface area is 142 Å². The van der Waals surface area contributed by atoms with Gasteiger partial charge in [-0.15, -0.1) is 0 Å². The zero-order valence-electron chi connectivity index (χ0n) is 12.6. The molecule has 0 spiro atoms. The molecule has 0 aliphatic carbocycles. The molecule has 1 radical (unpaired) electrons. The second-order valence-corrected chi connectivity index (χ2v) is 5.06. The Bertz CT molecular complexity index is 663. The molecule has 0 unspecified atom stereocenters. The van der Waals surface area contributed by atoms with E-state index in [2.05, 4.69) is 4.98 Å². The highest BCUT2D eigenvalue weighted by molar-refractivity contribution is 6.31. The summed E-state index contributed by atoms with van der Waals surface area (Å²) in [5.74, 6) is 0.556. The minimum atomic E-state index is -4.50.